The molecule has 1 aliphatic rings. The summed E-state index contributed by atoms with van der Waals surface area (Å²) in [5, 5.41) is 23.4. The Kier molecular flexibility index (Phi) is 9.50. The van der Waals surface area contributed by atoms with Crippen molar-refractivity contribution in [1.29, 1.82) is 0 Å². The molecule has 0 radical (unpaired) electrons. The predicted octanol–water partition coefficient (Wildman–Crippen LogP) is 6.22. The Hall–Kier alpha value is -2.99. The van der Waals surface area contributed by atoms with Crippen LogP contribution in [0.15, 0.2) is 72.8 Å². The first-order valence-electron chi connectivity index (χ1n) is 14.5. The number of nitrogens with zero attached hydrogens (tertiary/aromatic N) is 1. The third kappa shape index (κ3) is 6.33. The molecule has 3 aromatic rings. The van der Waals surface area contributed by atoms with Crippen molar-refractivity contribution in [2.45, 2.75) is 70.5 Å². The second-order valence-electron chi connectivity index (χ2n) is 12.0. The zero-order chi connectivity index (χ0) is 28.9. The summed E-state index contributed by atoms with van der Waals surface area (Å²) in [6.07, 6.45) is 2.61. The molecule has 0 aromatic heterocycles. The molecule has 4 rings (SSSR count). The summed E-state index contributed by atoms with van der Waals surface area (Å²) in [5.74, 6) is -0.196. The van der Waals surface area contributed by atoms with Crippen LogP contribution in [-0.4, -0.2) is 47.8 Å². The number of ether oxygens (including phenoxy) is 1. The Labute approximate surface area is 239 Å². The number of aliphatic hydroxyl groups is 2. The van der Waals surface area contributed by atoms with Crippen molar-refractivity contribution in [1.82, 2.24) is 4.90 Å². The van der Waals surface area contributed by atoms with E-state index in [4.69, 9.17) is 4.74 Å². The molecular weight excluding hydrogens is 498 g/mol. The first kappa shape index (κ1) is 30.0. The molecule has 3 aromatic carbocycles. The van der Waals surface area contributed by atoms with Crippen molar-refractivity contribution in [3.8, 4) is 0 Å². The molecule has 1 fully saturated rings. The second kappa shape index (κ2) is 12.7. The Morgan fingerprint density at radius 1 is 0.925 bits per heavy atom. The van der Waals surface area contributed by atoms with Gasteiger partial charge in [-0.25, -0.2) is 0 Å². The molecule has 5 nitrogen and oxygen atoms in total. The normalized spacial score (nSPS) is 16.1. The molecule has 1 saturated heterocycles. The lowest BCUT2D eigenvalue weighted by Gasteiger charge is -2.42. The molecule has 0 saturated carbocycles. The molecule has 5 heteroatoms. The van der Waals surface area contributed by atoms with Crippen molar-refractivity contribution in [2.75, 3.05) is 26.7 Å². The number of hydrogen-bond acceptors (Lipinski definition) is 5. The van der Waals surface area contributed by atoms with Gasteiger partial charge in [0.1, 0.15) is 5.60 Å². The quantitative estimate of drug-likeness (QED) is 0.297. The van der Waals surface area contributed by atoms with Gasteiger partial charge in [-0.3, -0.25) is 4.79 Å². The first-order chi connectivity index (χ1) is 19.1. The first-order valence-corrected chi connectivity index (χ1v) is 14.5. The number of esters is 1. The Morgan fingerprint density at radius 3 is 1.98 bits per heavy atom. The maximum absolute atomic E-state index is 12.4. The fraction of sp³-hybridized carbons (Fsp3) is 0.457. The van der Waals surface area contributed by atoms with E-state index < -0.39 is 17.1 Å². The standard InChI is InChI=1S/C35H45NO4/c1-25-12-16-27(17-13-25)35(39,28-18-14-26(2)15-19-28)29-20-23-36(24-21-29)22-8-11-32(37)30-9-6-7-10-31(30)34(3,4)33(38)40-5/h6-7,9-10,12-19,29,32,37,39H,8,11,20-24H2,1-5H3. The highest BCUT2D eigenvalue weighted by Gasteiger charge is 2.41. The summed E-state index contributed by atoms with van der Waals surface area (Å²) in [5.41, 5.74) is 4.01. The molecular formula is C35H45NO4. The van der Waals surface area contributed by atoms with Crippen LogP contribution in [0.5, 0.6) is 0 Å². The predicted molar refractivity (Wildman–Crippen MR) is 160 cm³/mol. The van der Waals surface area contributed by atoms with Crippen LogP contribution in [0.4, 0.5) is 0 Å². The summed E-state index contributed by atoms with van der Waals surface area (Å²) in [7, 11) is 1.40. The molecule has 1 heterocycles. The molecule has 0 spiro atoms. The van der Waals surface area contributed by atoms with Gasteiger partial charge < -0.3 is 19.8 Å². The smallest absolute Gasteiger partial charge is 0.315 e. The van der Waals surface area contributed by atoms with Gasteiger partial charge in [-0.2, -0.15) is 0 Å². The van der Waals surface area contributed by atoms with E-state index in [9.17, 15) is 15.0 Å². The van der Waals surface area contributed by atoms with E-state index in [1.165, 1.54) is 18.2 Å². The van der Waals surface area contributed by atoms with Crippen LogP contribution < -0.4 is 0 Å². The van der Waals surface area contributed by atoms with Crippen molar-refractivity contribution >= 4 is 5.97 Å². The second-order valence-corrected chi connectivity index (χ2v) is 12.0. The summed E-state index contributed by atoms with van der Waals surface area (Å²) in [6, 6.07) is 24.2. The van der Waals surface area contributed by atoms with Gasteiger partial charge in [-0.05, 0) is 101 Å². The molecule has 40 heavy (non-hydrogen) atoms. The third-order valence-electron chi connectivity index (χ3n) is 8.80. The summed E-state index contributed by atoms with van der Waals surface area (Å²) in [6.45, 7) is 10.5. The Morgan fingerprint density at radius 2 is 1.45 bits per heavy atom. The van der Waals surface area contributed by atoms with Crippen LogP contribution >= 0.6 is 0 Å². The van der Waals surface area contributed by atoms with Crippen LogP contribution in [0.2, 0.25) is 0 Å². The van der Waals surface area contributed by atoms with Gasteiger partial charge in [0.25, 0.3) is 0 Å². The minimum Gasteiger partial charge on any atom is -0.468 e. The number of rotatable bonds is 10. The van der Waals surface area contributed by atoms with Crippen LogP contribution in [0.3, 0.4) is 0 Å². The number of methoxy groups -OCH3 is 1. The van der Waals surface area contributed by atoms with Crippen LogP contribution in [-0.2, 0) is 20.5 Å². The Balaban J connectivity index is 1.39. The fourth-order valence-corrected chi connectivity index (χ4v) is 6.21. The SMILES string of the molecule is COC(=O)C(C)(C)c1ccccc1C(O)CCCN1CCC(C(O)(c2ccc(C)cc2)c2ccc(C)cc2)CC1. The maximum atomic E-state index is 12.4. The highest BCUT2D eigenvalue weighted by Crippen LogP contribution is 2.42. The average molecular weight is 544 g/mol. The molecule has 0 bridgehead atoms. The molecule has 0 aliphatic carbocycles. The van der Waals surface area contributed by atoms with Gasteiger partial charge in [0.05, 0.1) is 18.6 Å². The van der Waals surface area contributed by atoms with Crippen LogP contribution in [0, 0.1) is 19.8 Å². The largest absolute Gasteiger partial charge is 0.468 e. The van der Waals surface area contributed by atoms with Gasteiger partial charge in [0.2, 0.25) is 0 Å². The number of carbonyl (C=O) groups is 1. The molecule has 0 amide bonds. The van der Waals surface area contributed by atoms with Crippen molar-refractivity contribution in [2.24, 2.45) is 5.92 Å². The van der Waals surface area contributed by atoms with E-state index in [0.717, 1.165) is 61.2 Å². The van der Waals surface area contributed by atoms with E-state index in [0.29, 0.717) is 6.42 Å². The number of aryl methyl sites for hydroxylation is 2. The minimum absolute atomic E-state index is 0.118. The highest BCUT2D eigenvalue weighted by molar-refractivity contribution is 5.82. The van der Waals surface area contributed by atoms with Crippen LogP contribution in [0.1, 0.15) is 79.0 Å². The minimum atomic E-state index is -1.03. The van der Waals surface area contributed by atoms with E-state index in [-0.39, 0.29) is 11.9 Å². The highest BCUT2D eigenvalue weighted by atomic mass is 16.5. The van der Waals surface area contributed by atoms with Gasteiger partial charge in [-0.1, -0.05) is 83.9 Å². The van der Waals surface area contributed by atoms with Crippen LogP contribution in [0.25, 0.3) is 0 Å². The van der Waals surface area contributed by atoms with Crippen molar-refractivity contribution < 1.29 is 19.7 Å². The topological polar surface area (TPSA) is 70.0 Å². The van der Waals surface area contributed by atoms with Gasteiger partial charge in [-0.15, -0.1) is 0 Å². The molecule has 1 aliphatic heterocycles. The summed E-state index contributed by atoms with van der Waals surface area (Å²) in [4.78, 5) is 14.9. The molecule has 2 N–H and O–H groups in total. The maximum Gasteiger partial charge on any atom is 0.315 e. The average Bonchev–Trinajstić information content (AvgIpc) is 2.97. The molecule has 214 valence electrons. The molecule has 1 atom stereocenters. The molecule has 1 unspecified atom stereocenters. The van der Waals surface area contributed by atoms with E-state index in [1.807, 2.05) is 38.1 Å². The number of aliphatic hydroxyl groups excluding tert-OH is 1. The van der Waals surface area contributed by atoms with Gasteiger partial charge in [0.15, 0.2) is 0 Å². The van der Waals surface area contributed by atoms with Gasteiger partial charge in [0, 0.05) is 0 Å². The number of hydrogen-bond donors (Lipinski definition) is 2. The van der Waals surface area contributed by atoms with Crippen molar-refractivity contribution in [3.05, 3.63) is 106 Å². The summed E-state index contributed by atoms with van der Waals surface area (Å²) >= 11 is 0. The third-order valence-corrected chi connectivity index (χ3v) is 8.80. The monoisotopic (exact) mass is 543 g/mol. The fourth-order valence-electron chi connectivity index (χ4n) is 6.21. The van der Waals surface area contributed by atoms with E-state index in [2.05, 4.69) is 67.3 Å². The van der Waals surface area contributed by atoms with Crippen molar-refractivity contribution in [3.63, 3.8) is 0 Å². The zero-order valence-corrected chi connectivity index (χ0v) is 24.7. The Bertz CT molecular complexity index is 1210. The lowest BCUT2D eigenvalue weighted by molar-refractivity contribution is -0.146. The van der Waals surface area contributed by atoms with Gasteiger partial charge >= 0.3 is 5.97 Å². The van der Waals surface area contributed by atoms with E-state index in [1.54, 1.807) is 0 Å². The number of piperidine rings is 1. The zero-order valence-electron chi connectivity index (χ0n) is 24.7. The number of carbonyl (C=O) groups excluding carboxylic acids is 1. The lowest BCUT2D eigenvalue weighted by atomic mass is 9.72. The number of likely N-dealkylation sites (tertiary alicyclic amines) is 1. The lowest BCUT2D eigenvalue weighted by Crippen LogP contribution is -2.44. The number of benzene rings is 3. The van der Waals surface area contributed by atoms with E-state index >= 15 is 0 Å². The summed E-state index contributed by atoms with van der Waals surface area (Å²) < 4.78 is 5.02.